The third-order valence-corrected chi connectivity index (χ3v) is 5.01. The zero-order valence-electron chi connectivity index (χ0n) is 17.3. The summed E-state index contributed by atoms with van der Waals surface area (Å²) < 4.78 is 13.3. The van der Waals surface area contributed by atoms with E-state index in [0.29, 0.717) is 32.9 Å². The number of nitrogens with zero attached hydrogens (tertiary/aromatic N) is 3. The van der Waals surface area contributed by atoms with Crippen LogP contribution in [0.25, 0.3) is 4.96 Å². The zero-order valence-corrected chi connectivity index (χ0v) is 18.1. The number of nitrogens with one attached hydrogen (secondary N) is 2. The molecule has 0 spiro atoms. The van der Waals surface area contributed by atoms with Crippen LogP contribution < -0.4 is 15.4 Å². The summed E-state index contributed by atoms with van der Waals surface area (Å²) in [6.45, 7) is 9.83. The fourth-order valence-electron chi connectivity index (χ4n) is 2.82. The number of fused-ring (bicyclic) bond motifs is 1. The molecule has 0 saturated heterocycles. The van der Waals surface area contributed by atoms with E-state index in [1.807, 2.05) is 29.1 Å². The van der Waals surface area contributed by atoms with Gasteiger partial charge in [0.25, 0.3) is 0 Å². The van der Waals surface area contributed by atoms with Gasteiger partial charge < -0.3 is 20.1 Å². The number of ether oxygens (including phenoxy) is 2. The van der Waals surface area contributed by atoms with Crippen LogP contribution in [0.4, 0.5) is 0 Å². The second-order valence-electron chi connectivity index (χ2n) is 6.53. The molecule has 0 aliphatic rings. The molecule has 0 aliphatic carbocycles. The molecular formula is C21H29N5O2S. The Hall–Kier alpha value is -2.58. The average Bonchev–Trinajstić information content (AvgIpc) is 3.30. The van der Waals surface area contributed by atoms with Crippen molar-refractivity contribution in [1.29, 1.82) is 0 Å². The Morgan fingerprint density at radius 2 is 2.14 bits per heavy atom. The molecule has 2 N–H and O–H groups in total. The van der Waals surface area contributed by atoms with Crippen LogP contribution in [-0.2, 0) is 17.8 Å². The Labute approximate surface area is 175 Å². The first-order chi connectivity index (χ1) is 14.2. The van der Waals surface area contributed by atoms with Gasteiger partial charge in [-0.25, -0.2) is 9.98 Å². The molecule has 1 aromatic carbocycles. The Balaban J connectivity index is 1.63. The Morgan fingerprint density at radius 3 is 2.93 bits per heavy atom. The van der Waals surface area contributed by atoms with Gasteiger partial charge in [-0.2, -0.15) is 0 Å². The molecule has 0 aliphatic heterocycles. The number of aliphatic imine (C=N–C) groups is 1. The summed E-state index contributed by atoms with van der Waals surface area (Å²) in [5.74, 6) is 1.61. The Bertz CT molecular complexity index is 906. The number of hydrogen-bond acceptors (Lipinski definition) is 5. The van der Waals surface area contributed by atoms with Crippen molar-refractivity contribution in [2.24, 2.45) is 4.99 Å². The van der Waals surface area contributed by atoms with Crippen molar-refractivity contribution in [3.05, 3.63) is 52.8 Å². The molecular weight excluding hydrogens is 386 g/mol. The molecule has 2 heterocycles. The van der Waals surface area contributed by atoms with E-state index in [1.54, 1.807) is 11.3 Å². The van der Waals surface area contributed by atoms with Crippen LogP contribution in [0, 0.1) is 6.92 Å². The second-order valence-corrected chi connectivity index (χ2v) is 7.40. The van der Waals surface area contributed by atoms with E-state index in [-0.39, 0.29) is 0 Å². The number of rotatable bonds is 10. The minimum absolute atomic E-state index is 0.526. The first kappa shape index (κ1) is 21.1. The van der Waals surface area contributed by atoms with Crippen LogP contribution in [0.5, 0.6) is 5.75 Å². The molecule has 2 aromatic heterocycles. The van der Waals surface area contributed by atoms with E-state index in [0.717, 1.165) is 40.0 Å². The van der Waals surface area contributed by atoms with Crippen molar-refractivity contribution < 1.29 is 9.47 Å². The summed E-state index contributed by atoms with van der Waals surface area (Å²) in [7, 11) is 0. The number of guanidine groups is 1. The van der Waals surface area contributed by atoms with Gasteiger partial charge in [0.1, 0.15) is 12.4 Å². The van der Waals surface area contributed by atoms with Gasteiger partial charge in [-0.3, -0.25) is 4.40 Å². The van der Waals surface area contributed by atoms with Gasteiger partial charge >= 0.3 is 0 Å². The molecule has 3 aromatic rings. The van der Waals surface area contributed by atoms with Gasteiger partial charge in [0.05, 0.1) is 25.4 Å². The van der Waals surface area contributed by atoms with E-state index >= 15 is 0 Å². The Morgan fingerprint density at radius 1 is 1.24 bits per heavy atom. The van der Waals surface area contributed by atoms with Gasteiger partial charge in [-0.15, -0.1) is 11.3 Å². The van der Waals surface area contributed by atoms with Gasteiger partial charge in [0.2, 0.25) is 0 Å². The van der Waals surface area contributed by atoms with Crippen LogP contribution in [0.1, 0.15) is 30.7 Å². The molecule has 0 unspecified atom stereocenters. The number of thiazole rings is 1. The van der Waals surface area contributed by atoms with E-state index in [1.165, 1.54) is 0 Å². The van der Waals surface area contributed by atoms with Crippen molar-refractivity contribution in [3.63, 3.8) is 0 Å². The van der Waals surface area contributed by atoms with E-state index in [2.05, 4.69) is 47.7 Å². The van der Waals surface area contributed by atoms with Crippen molar-refractivity contribution in [2.45, 2.75) is 33.9 Å². The molecule has 0 radical (unpaired) electrons. The summed E-state index contributed by atoms with van der Waals surface area (Å²) in [6.07, 6.45) is 4.05. The minimum atomic E-state index is 0.526. The van der Waals surface area contributed by atoms with Gasteiger partial charge in [-0.1, -0.05) is 12.1 Å². The zero-order chi connectivity index (χ0) is 20.5. The molecule has 29 heavy (non-hydrogen) atoms. The molecule has 156 valence electrons. The van der Waals surface area contributed by atoms with Crippen LogP contribution in [0.2, 0.25) is 0 Å². The lowest BCUT2D eigenvalue weighted by atomic mass is 10.1. The monoisotopic (exact) mass is 415 g/mol. The fraction of sp³-hybridized carbons (Fsp3) is 0.429. The predicted octanol–water partition coefficient (Wildman–Crippen LogP) is 3.37. The van der Waals surface area contributed by atoms with E-state index < -0.39 is 0 Å². The molecule has 0 bridgehead atoms. The molecule has 7 nitrogen and oxygen atoms in total. The SMILES string of the molecule is CCNC(=NCc1ccc(C)cc1OCCOCC)NCc1cn2ccsc2n1. The lowest BCUT2D eigenvalue weighted by Crippen LogP contribution is -2.36. The number of benzene rings is 1. The Kier molecular flexibility index (Phi) is 7.89. The maximum atomic E-state index is 5.92. The van der Waals surface area contributed by atoms with Crippen molar-refractivity contribution in [3.8, 4) is 5.75 Å². The first-order valence-corrected chi connectivity index (χ1v) is 10.8. The highest BCUT2D eigenvalue weighted by Gasteiger charge is 2.07. The maximum absolute atomic E-state index is 5.92. The molecule has 8 heteroatoms. The highest BCUT2D eigenvalue weighted by molar-refractivity contribution is 7.15. The first-order valence-electron chi connectivity index (χ1n) is 9.93. The van der Waals surface area contributed by atoms with Crippen LogP contribution in [0.3, 0.4) is 0 Å². The lowest BCUT2D eigenvalue weighted by Gasteiger charge is -2.13. The third kappa shape index (κ3) is 6.20. The standard InChI is InChI=1S/C21H29N5O2S/c1-4-22-20(24-14-18-15-26-8-11-29-21(26)25-18)23-13-17-7-6-16(3)12-19(17)28-10-9-27-5-2/h6-8,11-12,15H,4-5,9-10,13-14H2,1-3H3,(H2,22,23,24). The minimum Gasteiger partial charge on any atom is -0.491 e. The van der Waals surface area contributed by atoms with Crippen molar-refractivity contribution in [2.75, 3.05) is 26.4 Å². The largest absolute Gasteiger partial charge is 0.491 e. The van der Waals surface area contributed by atoms with Crippen LogP contribution >= 0.6 is 11.3 Å². The number of aryl methyl sites for hydroxylation is 1. The number of aromatic nitrogens is 2. The third-order valence-electron chi connectivity index (χ3n) is 4.24. The molecule has 0 saturated carbocycles. The normalized spacial score (nSPS) is 11.8. The maximum Gasteiger partial charge on any atom is 0.193 e. The highest BCUT2D eigenvalue weighted by atomic mass is 32.1. The quantitative estimate of drug-likeness (QED) is 0.302. The molecule has 0 atom stereocenters. The van der Waals surface area contributed by atoms with Gasteiger partial charge in [0.15, 0.2) is 10.9 Å². The topological polar surface area (TPSA) is 72.2 Å². The summed E-state index contributed by atoms with van der Waals surface area (Å²) in [4.78, 5) is 10.3. The van der Waals surface area contributed by atoms with Crippen LogP contribution in [-0.4, -0.2) is 41.7 Å². The fourth-order valence-corrected chi connectivity index (χ4v) is 3.54. The molecule has 0 fully saturated rings. The van der Waals surface area contributed by atoms with Gasteiger partial charge in [0, 0.05) is 36.5 Å². The van der Waals surface area contributed by atoms with E-state index in [9.17, 15) is 0 Å². The summed E-state index contributed by atoms with van der Waals surface area (Å²) in [5, 5.41) is 8.67. The molecule has 3 rings (SSSR count). The smallest absolute Gasteiger partial charge is 0.193 e. The summed E-state index contributed by atoms with van der Waals surface area (Å²) >= 11 is 1.63. The van der Waals surface area contributed by atoms with Crippen molar-refractivity contribution >= 4 is 22.3 Å². The van der Waals surface area contributed by atoms with E-state index in [4.69, 9.17) is 14.5 Å². The number of hydrogen-bond donors (Lipinski definition) is 2. The summed E-state index contributed by atoms with van der Waals surface area (Å²) in [5.41, 5.74) is 3.19. The van der Waals surface area contributed by atoms with Crippen LogP contribution in [0.15, 0.2) is 41.0 Å². The average molecular weight is 416 g/mol. The second kappa shape index (κ2) is 10.8. The lowest BCUT2D eigenvalue weighted by molar-refractivity contribution is 0.110. The summed E-state index contributed by atoms with van der Waals surface area (Å²) in [6, 6.07) is 6.20. The highest BCUT2D eigenvalue weighted by Crippen LogP contribution is 2.21. The molecule has 0 amide bonds. The van der Waals surface area contributed by atoms with Gasteiger partial charge in [-0.05, 0) is 32.4 Å². The van der Waals surface area contributed by atoms with Crippen molar-refractivity contribution in [1.82, 2.24) is 20.0 Å². The number of imidazole rings is 1. The predicted molar refractivity (Wildman–Crippen MR) is 118 cm³/mol.